The monoisotopic (exact) mass is 616 g/mol. The minimum atomic E-state index is -3.02. The molecular weight excluding hydrogens is 590 g/mol. The van der Waals surface area contributed by atoms with Crippen molar-refractivity contribution in [1.29, 1.82) is 0 Å². The van der Waals surface area contributed by atoms with Crippen LogP contribution in [0.2, 0.25) is 5.21 Å². The number of aliphatic hydroxyl groups is 1. The number of rotatable bonds is 13. The van der Waals surface area contributed by atoms with Crippen molar-refractivity contribution in [2.45, 2.75) is 57.3 Å². The molecule has 2 unspecified atom stereocenters. The third-order valence-electron chi connectivity index (χ3n) is 8.75. The number of hydrogen-bond acceptors (Lipinski definition) is 8. The number of carbonyl (C=O) groups excluding carboxylic acids is 3. The van der Waals surface area contributed by atoms with Gasteiger partial charge >= 0.3 is 0 Å². The number of carbonyl (C=O) groups is 3. The molecular formula is C27H24B12N4O5. The van der Waals surface area contributed by atoms with Gasteiger partial charge in [0.25, 0.3) is 0 Å². The number of anilines is 1. The molecule has 1 saturated heterocycles. The lowest BCUT2D eigenvalue weighted by Crippen LogP contribution is -2.85. The summed E-state index contributed by atoms with van der Waals surface area (Å²) >= 11 is 0. The highest BCUT2D eigenvalue weighted by molar-refractivity contribution is 6.59. The number of amides is 1. The molecule has 1 aliphatic rings. The van der Waals surface area contributed by atoms with E-state index in [-0.39, 0.29) is 31.5 Å². The number of ether oxygens (including phenoxy) is 1. The van der Waals surface area contributed by atoms with Crippen LogP contribution in [0.3, 0.4) is 0 Å². The fraction of sp³-hybridized carbons (Fsp3) is 0.444. The molecule has 2 atom stereocenters. The molecule has 0 aromatic heterocycles. The lowest BCUT2D eigenvalue weighted by atomic mass is 9.30. The molecule has 24 radical (unpaired) electrons. The molecule has 21 heteroatoms. The van der Waals surface area contributed by atoms with E-state index in [1.165, 1.54) is 20.2 Å². The van der Waals surface area contributed by atoms with Gasteiger partial charge in [-0.2, -0.15) is 0 Å². The average molecular weight is 614 g/mol. The lowest BCUT2D eigenvalue weighted by Gasteiger charge is -2.70. The standard InChI is InChI=1S/C27H24B12N4O5/c1-40-20(46)22(30,23(31,47)21(28,29)14-45)42(2)12-18-17(13-44)8-5-9-19(18)41-10-15-6-3-4-7-16(15)11-43-24(32,33)26(36,37)48-27(38,39)25(43,34)35/h3-9,13-14,41,47H,10-12H2,1-2H3,(H,40,46). The number of likely N-dealkylation sites (N-methyl/N-ethyl adjacent to an activating group) is 2. The van der Waals surface area contributed by atoms with Gasteiger partial charge in [-0.05, 0) is 56.5 Å². The molecule has 3 N–H and O–H groups in total. The minimum Gasteiger partial charge on any atom is -0.406 e. The van der Waals surface area contributed by atoms with Gasteiger partial charge in [-0.15, -0.1) is 0 Å². The quantitative estimate of drug-likeness (QED) is 0.153. The van der Waals surface area contributed by atoms with Crippen molar-refractivity contribution in [3.8, 4) is 0 Å². The van der Waals surface area contributed by atoms with E-state index in [0.717, 1.165) is 9.80 Å². The fourth-order valence-corrected chi connectivity index (χ4v) is 5.34. The van der Waals surface area contributed by atoms with Crippen LogP contribution in [0.25, 0.3) is 0 Å². The van der Waals surface area contributed by atoms with Crippen LogP contribution >= 0.6 is 0 Å². The van der Waals surface area contributed by atoms with Crippen molar-refractivity contribution in [1.82, 2.24) is 15.1 Å². The van der Waals surface area contributed by atoms with Gasteiger partial charge in [0, 0.05) is 43.4 Å². The Morgan fingerprint density at radius 3 is 1.96 bits per heavy atom. The van der Waals surface area contributed by atoms with Crippen LogP contribution in [0.4, 0.5) is 5.69 Å². The summed E-state index contributed by atoms with van der Waals surface area (Å²) in [6, 6.07) is 11.8. The number of benzene rings is 2. The van der Waals surface area contributed by atoms with E-state index >= 15 is 0 Å². The molecule has 9 nitrogen and oxygen atoms in total. The maximum absolute atomic E-state index is 13.1. The van der Waals surface area contributed by atoms with Crippen molar-refractivity contribution in [3.05, 3.63) is 64.7 Å². The Kier molecular flexibility index (Phi) is 11.5. The van der Waals surface area contributed by atoms with Gasteiger partial charge < -0.3 is 30.2 Å². The topological polar surface area (TPSA) is 111 Å². The first-order valence-electron chi connectivity index (χ1n) is 14.3. The molecule has 0 bridgehead atoms. The number of hydrogen-bond donors (Lipinski definition) is 3. The second-order valence-electron chi connectivity index (χ2n) is 12.1. The first kappa shape index (κ1) is 40.1. The Labute approximate surface area is 298 Å². The lowest BCUT2D eigenvalue weighted by molar-refractivity contribution is -0.138. The Balaban J connectivity index is 2.01. The predicted molar refractivity (Wildman–Crippen MR) is 194 cm³/mol. The van der Waals surface area contributed by atoms with Gasteiger partial charge in [0.15, 0.2) is 0 Å². The third kappa shape index (κ3) is 6.73. The Bertz CT molecular complexity index is 1520. The molecule has 218 valence electrons. The summed E-state index contributed by atoms with van der Waals surface area (Å²) in [6.07, 6.45) is 0.546. The zero-order valence-corrected chi connectivity index (χ0v) is 26.7. The molecule has 2 aromatic carbocycles. The summed E-state index contributed by atoms with van der Waals surface area (Å²) in [7, 11) is 75.8. The van der Waals surface area contributed by atoms with Crippen LogP contribution in [0, 0.1) is 0 Å². The van der Waals surface area contributed by atoms with E-state index < -0.39 is 43.5 Å². The van der Waals surface area contributed by atoms with E-state index in [2.05, 4.69) is 10.6 Å². The van der Waals surface area contributed by atoms with Crippen LogP contribution in [-0.4, -0.2) is 174 Å². The van der Waals surface area contributed by atoms with Crippen molar-refractivity contribution < 1.29 is 24.2 Å². The van der Waals surface area contributed by atoms with E-state index in [9.17, 15) is 19.5 Å². The van der Waals surface area contributed by atoms with Crippen molar-refractivity contribution in [2.75, 3.05) is 19.4 Å². The molecule has 3 rings (SSSR count). The van der Waals surface area contributed by atoms with Crippen LogP contribution < -0.4 is 10.6 Å². The highest BCUT2D eigenvalue weighted by Gasteiger charge is 2.58. The molecule has 0 spiro atoms. The summed E-state index contributed by atoms with van der Waals surface area (Å²) in [6.45, 7) is -0.341. The van der Waals surface area contributed by atoms with Gasteiger partial charge in [0.1, 0.15) is 28.3 Å². The van der Waals surface area contributed by atoms with Crippen LogP contribution in [-0.2, 0) is 34.0 Å². The number of nitrogens with one attached hydrogen (secondary N) is 2. The molecule has 1 aliphatic heterocycles. The molecule has 1 amide bonds. The summed E-state index contributed by atoms with van der Waals surface area (Å²) in [5.41, 5.74) is -3.47. The Hall–Kier alpha value is -2.33. The smallest absolute Gasteiger partial charge is 0.232 e. The van der Waals surface area contributed by atoms with Crippen molar-refractivity contribution >= 4 is 118 Å². The summed E-state index contributed by atoms with van der Waals surface area (Å²) < 4.78 is 5.29. The van der Waals surface area contributed by atoms with Crippen LogP contribution in [0.1, 0.15) is 27.0 Å². The zero-order chi connectivity index (χ0) is 36.7. The predicted octanol–water partition coefficient (Wildman–Crippen LogP) is -4.54. The number of aldehydes is 2. The third-order valence-corrected chi connectivity index (χ3v) is 8.75. The molecule has 2 aromatic rings. The second kappa shape index (κ2) is 13.8. The van der Waals surface area contributed by atoms with Gasteiger partial charge in [0.2, 0.25) is 5.91 Å². The fourth-order valence-electron chi connectivity index (χ4n) is 5.34. The maximum Gasteiger partial charge on any atom is 0.232 e. The average Bonchev–Trinajstić information content (AvgIpc) is 3.00. The normalized spacial score (nSPS) is 20.8. The maximum atomic E-state index is 13.1. The summed E-state index contributed by atoms with van der Waals surface area (Å²) in [4.78, 5) is 39.1. The zero-order valence-electron chi connectivity index (χ0n) is 26.7. The van der Waals surface area contributed by atoms with Gasteiger partial charge in [-0.1, -0.05) is 36.4 Å². The van der Waals surface area contributed by atoms with E-state index in [1.807, 2.05) is 0 Å². The number of morpholine rings is 1. The molecule has 1 heterocycles. The Morgan fingerprint density at radius 1 is 0.917 bits per heavy atom. The van der Waals surface area contributed by atoms with E-state index in [4.69, 9.17) is 98.9 Å². The van der Waals surface area contributed by atoms with E-state index in [0.29, 0.717) is 28.7 Å². The molecule has 0 saturated carbocycles. The van der Waals surface area contributed by atoms with Crippen molar-refractivity contribution in [2.24, 2.45) is 0 Å². The van der Waals surface area contributed by atoms with Crippen molar-refractivity contribution in [3.63, 3.8) is 0 Å². The molecule has 1 fully saturated rings. The van der Waals surface area contributed by atoms with E-state index in [1.54, 1.807) is 36.4 Å². The highest BCUT2D eigenvalue weighted by atomic mass is 16.5. The van der Waals surface area contributed by atoms with Gasteiger partial charge in [-0.3, -0.25) is 14.5 Å². The van der Waals surface area contributed by atoms with Gasteiger partial charge in [-0.25, -0.2) is 0 Å². The minimum absolute atomic E-state index is 0.0348. The Morgan fingerprint density at radius 2 is 1.46 bits per heavy atom. The molecule has 48 heavy (non-hydrogen) atoms. The first-order chi connectivity index (χ1) is 21.9. The summed E-state index contributed by atoms with van der Waals surface area (Å²) in [5.74, 6) is -1.03. The molecule has 0 aliphatic carbocycles. The second-order valence-corrected chi connectivity index (χ2v) is 12.1. The summed E-state index contributed by atoms with van der Waals surface area (Å²) in [5, 5.41) is 5.11. The van der Waals surface area contributed by atoms with Crippen LogP contribution in [0.15, 0.2) is 42.5 Å². The highest BCUT2D eigenvalue weighted by Crippen LogP contribution is 2.42. The van der Waals surface area contributed by atoms with Gasteiger partial charge in [0.05, 0.1) is 83.9 Å². The van der Waals surface area contributed by atoms with Crippen LogP contribution in [0.5, 0.6) is 0 Å². The first-order valence-corrected chi connectivity index (χ1v) is 14.3. The largest absolute Gasteiger partial charge is 0.406 e. The SMILES string of the molecule is [B]C([B])(C=O)C([B])(O)C([B])(C(=O)NC)N(C)Cc1c(C=O)cccc1NCc1ccccc1CN1C([B])([B])C([B])([B])OC([B])([B])C1([B])[B]. The number of nitrogens with zero attached hydrogens (tertiary/aromatic N) is 2.